The Balaban J connectivity index is 1.65. The highest BCUT2D eigenvalue weighted by Crippen LogP contribution is 2.49. The van der Waals surface area contributed by atoms with Crippen LogP contribution in [0.5, 0.6) is 0 Å². The molecular formula is C17H17Cl2N. The summed E-state index contributed by atoms with van der Waals surface area (Å²) in [5.74, 6) is 1.17. The van der Waals surface area contributed by atoms with Crippen molar-refractivity contribution < 1.29 is 0 Å². The van der Waals surface area contributed by atoms with E-state index in [0.29, 0.717) is 21.9 Å². The molecule has 2 aromatic carbocycles. The molecule has 0 spiro atoms. The van der Waals surface area contributed by atoms with Gasteiger partial charge in [-0.2, -0.15) is 0 Å². The lowest BCUT2D eigenvalue weighted by molar-refractivity contribution is 0.578. The van der Waals surface area contributed by atoms with Crippen molar-refractivity contribution in [2.24, 2.45) is 11.7 Å². The van der Waals surface area contributed by atoms with Gasteiger partial charge >= 0.3 is 0 Å². The van der Waals surface area contributed by atoms with Gasteiger partial charge in [0.2, 0.25) is 0 Å². The summed E-state index contributed by atoms with van der Waals surface area (Å²) >= 11 is 12.1. The molecule has 1 nitrogen and oxygen atoms in total. The Hall–Kier alpha value is -1.02. The number of rotatable bonds is 4. The van der Waals surface area contributed by atoms with Crippen molar-refractivity contribution in [3.8, 4) is 0 Å². The first-order chi connectivity index (χ1) is 9.65. The predicted molar refractivity (Wildman–Crippen MR) is 85.4 cm³/mol. The minimum Gasteiger partial charge on any atom is -0.327 e. The molecular weight excluding hydrogens is 289 g/mol. The zero-order valence-corrected chi connectivity index (χ0v) is 12.6. The molecule has 1 aliphatic rings. The van der Waals surface area contributed by atoms with E-state index in [1.54, 1.807) is 6.07 Å². The van der Waals surface area contributed by atoms with Gasteiger partial charge in [-0.1, -0.05) is 59.6 Å². The van der Waals surface area contributed by atoms with E-state index in [9.17, 15) is 0 Å². The average Bonchev–Trinajstić information content (AvgIpc) is 3.23. The zero-order valence-electron chi connectivity index (χ0n) is 11.1. The Kier molecular flexibility index (Phi) is 4.02. The molecule has 0 radical (unpaired) electrons. The van der Waals surface area contributed by atoms with E-state index >= 15 is 0 Å². The fourth-order valence-corrected chi connectivity index (χ4v) is 3.35. The first-order valence-electron chi connectivity index (χ1n) is 6.89. The number of benzene rings is 2. The van der Waals surface area contributed by atoms with Crippen LogP contribution in [-0.2, 0) is 6.42 Å². The molecule has 1 saturated carbocycles. The predicted octanol–water partition coefficient (Wildman–Crippen LogP) is 4.67. The highest BCUT2D eigenvalue weighted by Gasteiger charge is 2.42. The van der Waals surface area contributed by atoms with Crippen LogP contribution >= 0.6 is 23.2 Å². The van der Waals surface area contributed by atoms with Crippen molar-refractivity contribution in [1.29, 1.82) is 0 Å². The molecule has 0 heterocycles. The van der Waals surface area contributed by atoms with E-state index in [-0.39, 0.29) is 6.04 Å². The molecule has 3 rings (SSSR count). The van der Waals surface area contributed by atoms with Crippen molar-refractivity contribution in [2.45, 2.75) is 24.8 Å². The third-order valence-electron chi connectivity index (χ3n) is 4.09. The second kappa shape index (κ2) is 5.77. The fraction of sp³-hybridized carbons (Fsp3) is 0.294. The molecule has 2 aromatic rings. The summed E-state index contributed by atoms with van der Waals surface area (Å²) < 4.78 is 0. The normalized spacial score (nSPS) is 22.6. The Bertz CT molecular complexity index is 597. The third-order valence-corrected chi connectivity index (χ3v) is 4.68. The summed E-state index contributed by atoms with van der Waals surface area (Å²) in [5, 5.41) is 1.38. The van der Waals surface area contributed by atoms with Crippen LogP contribution < -0.4 is 5.73 Å². The molecule has 3 heteroatoms. The van der Waals surface area contributed by atoms with Gasteiger partial charge in [-0.3, -0.25) is 0 Å². The summed E-state index contributed by atoms with van der Waals surface area (Å²) in [4.78, 5) is 0. The van der Waals surface area contributed by atoms with Gasteiger partial charge in [0.05, 0.1) is 0 Å². The van der Waals surface area contributed by atoms with Gasteiger partial charge in [-0.15, -0.1) is 0 Å². The van der Waals surface area contributed by atoms with Gasteiger partial charge in [0.1, 0.15) is 0 Å². The summed E-state index contributed by atoms with van der Waals surface area (Å²) in [6.07, 6.45) is 1.99. The molecule has 1 fully saturated rings. The van der Waals surface area contributed by atoms with Crippen LogP contribution in [0.3, 0.4) is 0 Å². The van der Waals surface area contributed by atoms with Crippen LogP contribution in [0.1, 0.15) is 23.5 Å². The Morgan fingerprint density at radius 2 is 1.85 bits per heavy atom. The Morgan fingerprint density at radius 1 is 1.10 bits per heavy atom. The Morgan fingerprint density at radius 3 is 2.55 bits per heavy atom. The monoisotopic (exact) mass is 305 g/mol. The molecule has 20 heavy (non-hydrogen) atoms. The number of halogens is 2. The van der Waals surface area contributed by atoms with E-state index in [2.05, 4.69) is 24.3 Å². The summed E-state index contributed by atoms with van der Waals surface area (Å²) in [7, 11) is 0. The molecule has 0 bridgehead atoms. The first kappa shape index (κ1) is 13.9. The van der Waals surface area contributed by atoms with E-state index in [4.69, 9.17) is 28.9 Å². The molecule has 0 aromatic heterocycles. The second-order valence-electron chi connectivity index (χ2n) is 5.52. The maximum atomic E-state index is 6.35. The third kappa shape index (κ3) is 3.01. The lowest BCUT2D eigenvalue weighted by Crippen LogP contribution is -2.26. The van der Waals surface area contributed by atoms with Crippen LogP contribution in [0.4, 0.5) is 0 Å². The van der Waals surface area contributed by atoms with Crippen LogP contribution in [0.15, 0.2) is 48.5 Å². The van der Waals surface area contributed by atoms with Crippen molar-refractivity contribution in [3.63, 3.8) is 0 Å². The smallest absolute Gasteiger partial charge is 0.0453 e. The molecule has 0 aliphatic heterocycles. The van der Waals surface area contributed by atoms with Crippen molar-refractivity contribution >= 4 is 23.2 Å². The molecule has 104 valence electrons. The highest BCUT2D eigenvalue weighted by atomic mass is 35.5. The van der Waals surface area contributed by atoms with Crippen LogP contribution in [-0.4, -0.2) is 6.04 Å². The van der Waals surface area contributed by atoms with Crippen molar-refractivity contribution in [1.82, 2.24) is 0 Å². The van der Waals surface area contributed by atoms with Gasteiger partial charge < -0.3 is 5.73 Å². The number of hydrogen-bond donors (Lipinski definition) is 1. The summed E-state index contributed by atoms with van der Waals surface area (Å²) in [6.45, 7) is 0. The molecule has 0 amide bonds. The van der Waals surface area contributed by atoms with E-state index in [1.165, 1.54) is 12.0 Å². The fourth-order valence-electron chi connectivity index (χ4n) is 2.86. The van der Waals surface area contributed by atoms with Crippen LogP contribution in [0.2, 0.25) is 10.0 Å². The van der Waals surface area contributed by atoms with E-state index in [1.807, 2.05) is 18.2 Å². The van der Waals surface area contributed by atoms with Crippen LogP contribution in [0, 0.1) is 5.92 Å². The SMILES string of the molecule is NC(Cc1ccc(Cl)cc1Cl)C1CC1c1ccccc1. The summed E-state index contributed by atoms with van der Waals surface area (Å²) in [5.41, 5.74) is 8.84. The van der Waals surface area contributed by atoms with Crippen LogP contribution in [0.25, 0.3) is 0 Å². The maximum Gasteiger partial charge on any atom is 0.0453 e. The molecule has 0 saturated heterocycles. The standard InChI is InChI=1S/C17H17Cl2N/c18-13-7-6-12(16(19)9-13)8-17(20)15-10-14(15)11-4-2-1-3-5-11/h1-7,9,14-15,17H,8,10,20H2. The van der Waals surface area contributed by atoms with E-state index < -0.39 is 0 Å². The first-order valence-corrected chi connectivity index (χ1v) is 7.65. The largest absolute Gasteiger partial charge is 0.327 e. The lowest BCUT2D eigenvalue weighted by Gasteiger charge is -2.13. The molecule has 3 unspecified atom stereocenters. The zero-order chi connectivity index (χ0) is 14.1. The molecule has 3 atom stereocenters. The van der Waals surface area contributed by atoms with Gasteiger partial charge in [0.15, 0.2) is 0 Å². The Labute approximate surface area is 129 Å². The van der Waals surface area contributed by atoms with Crippen molar-refractivity contribution in [2.75, 3.05) is 0 Å². The lowest BCUT2D eigenvalue weighted by atomic mass is 9.99. The minimum absolute atomic E-state index is 0.152. The van der Waals surface area contributed by atoms with Gasteiger partial charge in [0.25, 0.3) is 0 Å². The van der Waals surface area contributed by atoms with E-state index in [0.717, 1.165) is 12.0 Å². The second-order valence-corrected chi connectivity index (χ2v) is 6.36. The molecule has 2 N–H and O–H groups in total. The minimum atomic E-state index is 0.152. The van der Waals surface area contributed by atoms with Crippen molar-refractivity contribution in [3.05, 3.63) is 69.7 Å². The van der Waals surface area contributed by atoms with Gasteiger partial charge in [0, 0.05) is 16.1 Å². The highest BCUT2D eigenvalue weighted by molar-refractivity contribution is 6.35. The topological polar surface area (TPSA) is 26.0 Å². The summed E-state index contributed by atoms with van der Waals surface area (Å²) in [6, 6.07) is 16.4. The quantitative estimate of drug-likeness (QED) is 0.873. The van der Waals surface area contributed by atoms with Gasteiger partial charge in [-0.25, -0.2) is 0 Å². The molecule has 1 aliphatic carbocycles. The van der Waals surface area contributed by atoms with Gasteiger partial charge in [-0.05, 0) is 47.9 Å². The average molecular weight is 306 g/mol. The number of nitrogens with two attached hydrogens (primary N) is 1. The maximum absolute atomic E-state index is 6.35. The number of hydrogen-bond acceptors (Lipinski definition) is 1.